The molecule has 226 valence electrons. The molecule has 3 aromatic carbocycles. The Kier molecular flexibility index (Phi) is 8.79. The predicted octanol–water partition coefficient (Wildman–Crippen LogP) is 6.06. The van der Waals surface area contributed by atoms with Gasteiger partial charge in [0.1, 0.15) is 11.3 Å². The summed E-state index contributed by atoms with van der Waals surface area (Å²) in [5.41, 5.74) is 3.02. The van der Waals surface area contributed by atoms with Crippen LogP contribution in [0, 0.1) is 11.7 Å². The number of amides is 2. The number of ether oxygens (including phenoxy) is 1. The molecule has 7 nitrogen and oxygen atoms in total. The Morgan fingerprint density at radius 3 is 2.39 bits per heavy atom. The van der Waals surface area contributed by atoms with Crippen LogP contribution in [-0.4, -0.2) is 53.3 Å². The molecular formula is C36H36FN3O4. The number of ketones is 1. The van der Waals surface area contributed by atoms with Crippen LogP contribution < -0.4 is 5.32 Å². The second-order valence-corrected chi connectivity index (χ2v) is 11.6. The van der Waals surface area contributed by atoms with E-state index >= 15 is 4.39 Å². The Hall–Kier alpha value is -4.43. The van der Waals surface area contributed by atoms with Crippen molar-refractivity contribution in [2.45, 2.75) is 51.1 Å². The van der Waals surface area contributed by atoms with Gasteiger partial charge in [0.2, 0.25) is 5.78 Å². The van der Waals surface area contributed by atoms with E-state index in [1.807, 2.05) is 67.6 Å². The molecule has 2 fully saturated rings. The molecule has 2 atom stereocenters. The highest BCUT2D eigenvalue weighted by atomic mass is 19.1. The molecular weight excluding hydrogens is 557 g/mol. The minimum Gasteiger partial charge on any atom is -0.381 e. The van der Waals surface area contributed by atoms with E-state index in [1.54, 1.807) is 17.0 Å². The van der Waals surface area contributed by atoms with Crippen LogP contribution in [0.1, 0.15) is 60.1 Å². The number of likely N-dealkylation sites (tertiary alicyclic amines) is 1. The summed E-state index contributed by atoms with van der Waals surface area (Å²) in [5, 5.41) is 3.55. The number of carbonyl (C=O) groups is 3. The number of benzene rings is 3. The van der Waals surface area contributed by atoms with E-state index in [1.165, 1.54) is 6.07 Å². The number of aromatic nitrogens is 1. The highest BCUT2D eigenvalue weighted by Gasteiger charge is 2.39. The summed E-state index contributed by atoms with van der Waals surface area (Å²) in [7, 11) is 0. The number of Topliss-reactive ketones (excluding diaryl/α,β-unsaturated/α-hetero) is 1. The van der Waals surface area contributed by atoms with Gasteiger partial charge in [0.25, 0.3) is 11.8 Å². The van der Waals surface area contributed by atoms with Crippen LogP contribution in [0.15, 0.2) is 78.9 Å². The predicted molar refractivity (Wildman–Crippen MR) is 166 cm³/mol. The van der Waals surface area contributed by atoms with Gasteiger partial charge in [0.05, 0.1) is 17.3 Å². The lowest BCUT2D eigenvalue weighted by molar-refractivity contribution is -0.153. The molecule has 44 heavy (non-hydrogen) atoms. The second kappa shape index (κ2) is 13.1. The zero-order valence-electron chi connectivity index (χ0n) is 24.8. The molecule has 2 aliphatic rings. The van der Waals surface area contributed by atoms with Gasteiger partial charge >= 0.3 is 0 Å². The molecule has 0 spiro atoms. The average molecular weight is 594 g/mol. The first-order chi connectivity index (χ1) is 21.5. The van der Waals surface area contributed by atoms with Gasteiger partial charge in [-0.25, -0.2) is 9.37 Å². The monoisotopic (exact) mass is 593 g/mol. The summed E-state index contributed by atoms with van der Waals surface area (Å²) in [4.78, 5) is 47.8. The van der Waals surface area contributed by atoms with Crippen molar-refractivity contribution in [1.82, 2.24) is 15.2 Å². The van der Waals surface area contributed by atoms with E-state index in [0.29, 0.717) is 67.6 Å². The van der Waals surface area contributed by atoms with Crippen LogP contribution in [0.25, 0.3) is 22.2 Å². The van der Waals surface area contributed by atoms with Crippen molar-refractivity contribution in [2.75, 3.05) is 19.8 Å². The molecule has 2 saturated heterocycles. The van der Waals surface area contributed by atoms with Gasteiger partial charge in [-0.2, -0.15) is 0 Å². The maximum Gasteiger partial charge on any atom is 0.290 e. The smallest absolute Gasteiger partial charge is 0.290 e. The number of piperidine rings is 1. The first kappa shape index (κ1) is 29.6. The summed E-state index contributed by atoms with van der Waals surface area (Å²) in [6.45, 7) is 3.61. The third-order valence-corrected chi connectivity index (χ3v) is 8.90. The Labute approximate surface area is 256 Å². The van der Waals surface area contributed by atoms with Crippen LogP contribution in [-0.2, 0) is 20.7 Å². The molecule has 3 heterocycles. The quantitative estimate of drug-likeness (QED) is 0.251. The summed E-state index contributed by atoms with van der Waals surface area (Å²) in [5.74, 6) is -2.47. The fourth-order valence-electron chi connectivity index (χ4n) is 6.55. The summed E-state index contributed by atoms with van der Waals surface area (Å²) >= 11 is 0. The summed E-state index contributed by atoms with van der Waals surface area (Å²) in [6.07, 6.45) is 2.69. The van der Waals surface area contributed by atoms with Gasteiger partial charge in [0, 0.05) is 42.7 Å². The van der Waals surface area contributed by atoms with Crippen molar-refractivity contribution in [2.24, 2.45) is 5.92 Å². The zero-order valence-corrected chi connectivity index (χ0v) is 24.8. The Morgan fingerprint density at radius 1 is 0.977 bits per heavy atom. The van der Waals surface area contributed by atoms with Crippen LogP contribution >= 0.6 is 0 Å². The molecule has 0 aliphatic carbocycles. The Balaban J connectivity index is 1.44. The molecule has 0 bridgehead atoms. The number of nitrogens with zero attached hydrogens (tertiary/aromatic N) is 2. The van der Waals surface area contributed by atoms with E-state index in [-0.39, 0.29) is 35.5 Å². The molecule has 2 amide bonds. The Morgan fingerprint density at radius 2 is 1.68 bits per heavy atom. The van der Waals surface area contributed by atoms with Gasteiger partial charge in [-0.3, -0.25) is 14.4 Å². The lowest BCUT2D eigenvalue weighted by atomic mass is 9.83. The van der Waals surface area contributed by atoms with E-state index < -0.39 is 23.4 Å². The van der Waals surface area contributed by atoms with Gasteiger partial charge in [-0.1, -0.05) is 79.7 Å². The average Bonchev–Trinajstić information content (AvgIpc) is 3.06. The van der Waals surface area contributed by atoms with Gasteiger partial charge < -0.3 is 15.0 Å². The number of rotatable bonds is 8. The standard InChI is InChI=1S/C36H36FN3O4/c1-2-30(23-10-5-3-6-11-23)38-35(42)31-27-14-9-15-29(37)33(27)39-32(24-12-7-4-8-13-24)28(31)22-25-16-19-40(36(43)34(25)41)26-17-20-44-21-18-26/h3-15,25-26,30H,2,16-22H2,1H3,(H,38,42)/t25?,30-/m0/s1. The van der Waals surface area contributed by atoms with Gasteiger partial charge in [0.15, 0.2) is 0 Å². The largest absolute Gasteiger partial charge is 0.381 e. The maximum atomic E-state index is 15.3. The number of pyridine rings is 1. The highest BCUT2D eigenvalue weighted by molar-refractivity contribution is 6.37. The minimum atomic E-state index is -0.628. The van der Waals surface area contributed by atoms with Crippen LogP contribution in [0.4, 0.5) is 4.39 Å². The molecule has 6 rings (SSSR count). The van der Waals surface area contributed by atoms with Gasteiger partial charge in [-0.05, 0) is 49.3 Å². The van der Waals surface area contributed by atoms with Crippen LogP contribution in [0.3, 0.4) is 0 Å². The minimum absolute atomic E-state index is 0.00311. The van der Waals surface area contributed by atoms with Crippen molar-refractivity contribution >= 4 is 28.5 Å². The number of para-hydroxylation sites is 1. The first-order valence-electron chi connectivity index (χ1n) is 15.4. The van der Waals surface area contributed by atoms with E-state index in [0.717, 1.165) is 5.56 Å². The van der Waals surface area contributed by atoms with Crippen LogP contribution in [0.2, 0.25) is 0 Å². The molecule has 4 aromatic rings. The maximum absolute atomic E-state index is 15.3. The zero-order chi connectivity index (χ0) is 30.6. The number of fused-ring (bicyclic) bond motifs is 1. The van der Waals surface area contributed by atoms with Crippen molar-refractivity contribution in [3.63, 3.8) is 0 Å². The second-order valence-electron chi connectivity index (χ2n) is 11.6. The fourth-order valence-corrected chi connectivity index (χ4v) is 6.55. The van der Waals surface area contributed by atoms with Crippen molar-refractivity contribution in [1.29, 1.82) is 0 Å². The summed E-state index contributed by atoms with van der Waals surface area (Å²) in [6, 6.07) is 23.3. The molecule has 8 heteroatoms. The van der Waals surface area contributed by atoms with Crippen LogP contribution in [0.5, 0.6) is 0 Å². The number of nitrogens with one attached hydrogen (secondary N) is 1. The lowest BCUT2D eigenvalue weighted by Crippen LogP contribution is -2.52. The van der Waals surface area contributed by atoms with Gasteiger partial charge in [-0.15, -0.1) is 0 Å². The molecule has 0 saturated carbocycles. The summed E-state index contributed by atoms with van der Waals surface area (Å²) < 4.78 is 20.8. The van der Waals surface area contributed by atoms with E-state index in [4.69, 9.17) is 9.72 Å². The lowest BCUT2D eigenvalue weighted by Gasteiger charge is -2.38. The molecule has 1 unspecified atom stereocenters. The SMILES string of the molecule is CC[C@H](NC(=O)c1c(CC2CCN(C3CCOCC3)C(=O)C2=O)c(-c2ccccc2)nc2c(F)cccc12)c1ccccc1. The van der Waals surface area contributed by atoms with E-state index in [9.17, 15) is 14.4 Å². The fraction of sp³-hybridized carbons (Fsp3) is 0.333. The van der Waals surface area contributed by atoms with Crippen molar-refractivity contribution in [3.05, 3.63) is 101 Å². The number of hydrogen-bond donors (Lipinski definition) is 1. The normalized spacial score (nSPS) is 18.4. The molecule has 1 N–H and O–H groups in total. The third kappa shape index (κ3) is 5.86. The highest BCUT2D eigenvalue weighted by Crippen LogP contribution is 2.35. The third-order valence-electron chi connectivity index (χ3n) is 8.90. The van der Waals surface area contributed by atoms with E-state index in [2.05, 4.69) is 5.32 Å². The number of halogens is 1. The van der Waals surface area contributed by atoms with Crippen molar-refractivity contribution in [3.8, 4) is 11.3 Å². The topological polar surface area (TPSA) is 88.6 Å². The number of hydrogen-bond acceptors (Lipinski definition) is 5. The Bertz CT molecular complexity index is 1670. The number of carbonyl (C=O) groups excluding carboxylic acids is 3. The molecule has 1 aromatic heterocycles. The molecule has 2 aliphatic heterocycles. The van der Waals surface area contributed by atoms with Crippen molar-refractivity contribution < 1.29 is 23.5 Å². The first-order valence-corrected chi connectivity index (χ1v) is 15.4. The molecule has 0 radical (unpaired) electrons.